The first-order valence-electron chi connectivity index (χ1n) is 18.2. The quantitative estimate of drug-likeness (QED) is 0.120. The van der Waals surface area contributed by atoms with Crippen molar-refractivity contribution in [1.82, 2.24) is 0 Å². The molecule has 50 heavy (non-hydrogen) atoms. The number of fused-ring (bicyclic) bond motifs is 4. The summed E-state index contributed by atoms with van der Waals surface area (Å²) in [5, 5.41) is 15.2. The third-order valence-corrected chi connectivity index (χ3v) is 16.2. The topological polar surface area (TPSA) is 0 Å². The fraction of sp³-hybridized carbons (Fsp3) is 0.149. The summed E-state index contributed by atoms with van der Waals surface area (Å²) in [7, 11) is -3.48. The van der Waals surface area contributed by atoms with E-state index >= 15 is 0 Å². The number of hydrogen-bond donors (Lipinski definition) is 0. The molecule has 0 nitrogen and oxygen atoms in total. The Morgan fingerprint density at radius 2 is 0.920 bits per heavy atom. The Labute approximate surface area is 301 Å². The molecule has 0 amide bonds. The van der Waals surface area contributed by atoms with Crippen LogP contribution >= 0.6 is 0 Å². The molecule has 0 fully saturated rings. The zero-order chi connectivity index (χ0) is 34.7. The molecule has 0 bridgehead atoms. The van der Waals surface area contributed by atoms with Crippen LogP contribution in [0.1, 0.15) is 0 Å². The van der Waals surface area contributed by atoms with E-state index in [0.717, 1.165) is 0 Å². The van der Waals surface area contributed by atoms with Gasteiger partial charge in [-0.05, 0) is 82.5 Å². The normalized spacial score (nSPS) is 12.3. The van der Waals surface area contributed by atoms with Gasteiger partial charge in [0, 0.05) is 0 Å². The second-order valence-corrected chi connectivity index (χ2v) is 26.8. The van der Waals surface area contributed by atoms with Gasteiger partial charge in [0.05, 0.1) is 25.7 Å². The van der Waals surface area contributed by atoms with Crippen molar-refractivity contribution in [3.05, 3.63) is 140 Å². The lowest BCUT2D eigenvalue weighted by Gasteiger charge is -2.21. The Bertz CT molecular complexity index is 2560. The Hall–Kier alpha value is -4.55. The zero-order valence-electron chi connectivity index (χ0n) is 30.4. The van der Waals surface area contributed by atoms with Gasteiger partial charge in [0.2, 0.25) is 0 Å². The molecule has 8 aromatic carbocycles. The molecule has 0 radical (unpaired) electrons. The second-order valence-electron chi connectivity index (χ2n) is 15.8. The minimum atomic E-state index is -1.40. The van der Waals surface area contributed by atoms with Crippen molar-refractivity contribution in [2.45, 2.75) is 45.8 Å². The van der Waals surface area contributed by atoms with Gasteiger partial charge in [-0.1, -0.05) is 195 Å². The number of benzene rings is 8. The van der Waals surface area contributed by atoms with Crippen molar-refractivity contribution < 1.29 is 0 Å². The summed E-state index contributed by atoms with van der Waals surface area (Å²) < 4.78 is 0. The molecule has 0 aromatic heterocycles. The van der Waals surface area contributed by atoms with E-state index in [2.05, 4.69) is 185 Å². The number of rotatable bonds is 6. The fourth-order valence-corrected chi connectivity index (χ4v) is 10.9. The third kappa shape index (κ3) is 5.77. The SMILES string of the molecule is C[SiH](C)c1ccc2c(-c3ccc4cc([Si](C)(C)C)ccc4c3)c3cc([SiH](C)C)ccc3c(-c3ccc(-c4cccc5ccccc45)cc3)c2c1. The maximum atomic E-state index is 2.54. The predicted octanol–water partition coefficient (Wildman–Crippen LogP) is 11.2. The van der Waals surface area contributed by atoms with Crippen LogP contribution in [-0.4, -0.2) is 25.7 Å². The molecule has 0 heterocycles. The van der Waals surface area contributed by atoms with Crippen LogP contribution in [-0.2, 0) is 0 Å². The van der Waals surface area contributed by atoms with E-state index in [1.807, 2.05) is 0 Å². The molecule has 0 saturated heterocycles. The average Bonchev–Trinajstić information content (AvgIpc) is 3.12. The van der Waals surface area contributed by atoms with Crippen LogP contribution in [0.5, 0.6) is 0 Å². The summed E-state index contributed by atoms with van der Waals surface area (Å²) in [5.74, 6) is 0. The summed E-state index contributed by atoms with van der Waals surface area (Å²) in [4.78, 5) is 0. The maximum absolute atomic E-state index is 2.54. The van der Waals surface area contributed by atoms with E-state index in [0.29, 0.717) is 0 Å². The van der Waals surface area contributed by atoms with Crippen LogP contribution < -0.4 is 15.6 Å². The van der Waals surface area contributed by atoms with E-state index in [9.17, 15) is 0 Å². The van der Waals surface area contributed by atoms with Gasteiger partial charge in [0.15, 0.2) is 0 Å². The zero-order valence-corrected chi connectivity index (χ0v) is 33.7. The summed E-state index contributed by atoms with van der Waals surface area (Å²) in [6, 6.07) is 53.9. The fourth-order valence-electron chi connectivity index (χ4n) is 7.77. The smallest absolute Gasteiger partial charge is 0.0682 e. The van der Waals surface area contributed by atoms with E-state index in [1.54, 1.807) is 0 Å². The van der Waals surface area contributed by atoms with Crippen LogP contribution in [0.2, 0.25) is 45.8 Å². The molecule has 0 aliphatic heterocycles. The van der Waals surface area contributed by atoms with Gasteiger partial charge in [-0.3, -0.25) is 0 Å². The number of hydrogen-bond acceptors (Lipinski definition) is 0. The van der Waals surface area contributed by atoms with Crippen molar-refractivity contribution in [3.63, 3.8) is 0 Å². The Morgan fingerprint density at radius 1 is 0.380 bits per heavy atom. The van der Waals surface area contributed by atoms with Crippen LogP contribution in [0.4, 0.5) is 0 Å². The van der Waals surface area contributed by atoms with E-state index in [-0.39, 0.29) is 0 Å². The van der Waals surface area contributed by atoms with E-state index in [1.165, 1.54) is 92.0 Å². The largest absolute Gasteiger partial charge is 0.0776 e. The van der Waals surface area contributed by atoms with Crippen LogP contribution in [0.15, 0.2) is 140 Å². The molecule has 0 N–H and O–H groups in total. The summed E-state index contributed by atoms with van der Waals surface area (Å²) in [5.41, 5.74) is 7.86. The molecule has 8 rings (SSSR count). The highest BCUT2D eigenvalue weighted by atomic mass is 28.3. The van der Waals surface area contributed by atoms with Crippen molar-refractivity contribution in [3.8, 4) is 33.4 Å². The highest BCUT2D eigenvalue weighted by molar-refractivity contribution is 6.88. The first kappa shape index (κ1) is 32.6. The van der Waals surface area contributed by atoms with Gasteiger partial charge in [-0.2, -0.15) is 0 Å². The van der Waals surface area contributed by atoms with Gasteiger partial charge in [-0.15, -0.1) is 0 Å². The second kappa shape index (κ2) is 12.6. The third-order valence-electron chi connectivity index (χ3n) is 10.8. The molecular weight excluding hydrogens is 649 g/mol. The highest BCUT2D eigenvalue weighted by Crippen LogP contribution is 2.44. The van der Waals surface area contributed by atoms with Gasteiger partial charge in [0.25, 0.3) is 0 Å². The Balaban J connectivity index is 1.40. The highest BCUT2D eigenvalue weighted by Gasteiger charge is 2.21. The van der Waals surface area contributed by atoms with Gasteiger partial charge < -0.3 is 0 Å². The molecule has 0 aliphatic rings. The molecule has 8 aromatic rings. The lowest BCUT2D eigenvalue weighted by Crippen LogP contribution is -2.37. The molecule has 0 unspecified atom stereocenters. The molecule has 246 valence electrons. The molecule has 3 heteroatoms. The molecular formula is C47H46Si3. The van der Waals surface area contributed by atoms with Gasteiger partial charge in [0.1, 0.15) is 0 Å². The Kier molecular flexibility index (Phi) is 8.26. The minimum Gasteiger partial charge on any atom is -0.0682 e. The van der Waals surface area contributed by atoms with Gasteiger partial charge in [-0.25, -0.2) is 0 Å². The van der Waals surface area contributed by atoms with E-state index < -0.39 is 25.7 Å². The molecule has 0 spiro atoms. The van der Waals surface area contributed by atoms with Crippen molar-refractivity contribution in [2.75, 3.05) is 0 Å². The first-order valence-corrected chi connectivity index (χ1v) is 27.5. The molecule has 0 aliphatic carbocycles. The molecule has 0 atom stereocenters. The lowest BCUT2D eigenvalue weighted by atomic mass is 9.85. The van der Waals surface area contributed by atoms with E-state index in [4.69, 9.17) is 0 Å². The summed E-state index contributed by atoms with van der Waals surface area (Å²) in [6.07, 6.45) is 0. The van der Waals surface area contributed by atoms with Crippen LogP contribution in [0.25, 0.3) is 76.5 Å². The maximum Gasteiger partial charge on any atom is 0.0776 e. The summed E-state index contributed by atoms with van der Waals surface area (Å²) in [6.45, 7) is 17.1. The standard InChI is InChI=1S/C47H46Si3/c1-48(2)37-23-26-43-44(29-37)46(33-17-15-32(16-18-33)41-14-10-12-31-11-8-9-13-40(31)41)42-25-22-38(49(3)4)30-45(42)47(43)36-20-19-35-28-39(50(5,6)7)24-21-34(35)27-36/h8-30,48-49H,1-7H3. The van der Waals surface area contributed by atoms with Gasteiger partial charge >= 0.3 is 0 Å². The van der Waals surface area contributed by atoms with Crippen LogP contribution in [0, 0.1) is 0 Å². The lowest BCUT2D eigenvalue weighted by molar-refractivity contribution is 1.64. The molecule has 0 saturated carbocycles. The monoisotopic (exact) mass is 694 g/mol. The first-order chi connectivity index (χ1) is 24.1. The van der Waals surface area contributed by atoms with Crippen molar-refractivity contribution >= 4 is 84.3 Å². The summed E-state index contributed by atoms with van der Waals surface area (Å²) >= 11 is 0. The van der Waals surface area contributed by atoms with Crippen molar-refractivity contribution in [1.29, 1.82) is 0 Å². The Morgan fingerprint density at radius 3 is 1.56 bits per heavy atom. The van der Waals surface area contributed by atoms with Crippen molar-refractivity contribution in [2.24, 2.45) is 0 Å². The minimum absolute atomic E-state index is 1.04. The van der Waals surface area contributed by atoms with Crippen LogP contribution in [0.3, 0.4) is 0 Å². The predicted molar refractivity (Wildman–Crippen MR) is 233 cm³/mol. The average molecular weight is 695 g/mol.